The Balaban J connectivity index is 1.57. The fraction of sp³-hybridized carbons (Fsp3) is 0.471. The highest BCUT2D eigenvalue weighted by molar-refractivity contribution is 7.99. The fourth-order valence-corrected chi connectivity index (χ4v) is 4.39. The molecular weight excluding hydrogens is 294 g/mol. The van der Waals surface area contributed by atoms with Gasteiger partial charge in [-0.05, 0) is 48.6 Å². The van der Waals surface area contributed by atoms with E-state index < -0.39 is 0 Å². The summed E-state index contributed by atoms with van der Waals surface area (Å²) in [6.07, 6.45) is 11.0. The van der Waals surface area contributed by atoms with Crippen LogP contribution in [-0.2, 0) is 16.9 Å². The molecule has 1 saturated heterocycles. The zero-order valence-electron chi connectivity index (χ0n) is 12.8. The van der Waals surface area contributed by atoms with Crippen LogP contribution in [0.25, 0.3) is 0 Å². The van der Waals surface area contributed by atoms with E-state index in [1.807, 2.05) is 48.4 Å². The Morgan fingerprint density at radius 2 is 1.68 bits per heavy atom. The average Bonchev–Trinajstić information content (AvgIpc) is 3.22. The standard InChI is InChI=1S/C17H23N3OS/c21-16(18-7-12-19-8-1-2-9-19)15-17(5-13-22-14-6-17)20-10-3-4-11-20/h1-4,8-11H,5-7,12-15H2,(H,18,21). The molecule has 2 aromatic heterocycles. The van der Waals surface area contributed by atoms with Gasteiger partial charge in [0.25, 0.3) is 0 Å². The van der Waals surface area contributed by atoms with Gasteiger partial charge in [-0.1, -0.05) is 0 Å². The van der Waals surface area contributed by atoms with Crippen LogP contribution < -0.4 is 5.32 Å². The fourth-order valence-electron chi connectivity index (χ4n) is 3.13. The molecule has 0 unspecified atom stereocenters. The minimum absolute atomic E-state index is 0.0354. The van der Waals surface area contributed by atoms with Crippen molar-refractivity contribution in [3.63, 3.8) is 0 Å². The van der Waals surface area contributed by atoms with E-state index in [1.165, 1.54) is 0 Å². The van der Waals surface area contributed by atoms with Gasteiger partial charge in [-0.3, -0.25) is 4.79 Å². The zero-order valence-corrected chi connectivity index (χ0v) is 13.6. The second-order valence-corrected chi connectivity index (χ2v) is 7.10. The molecule has 1 fully saturated rings. The van der Waals surface area contributed by atoms with Crippen LogP contribution in [0.4, 0.5) is 0 Å². The molecule has 0 atom stereocenters. The maximum atomic E-state index is 12.4. The molecule has 2 aromatic rings. The molecule has 1 N–H and O–H groups in total. The van der Waals surface area contributed by atoms with Gasteiger partial charge in [-0.15, -0.1) is 0 Å². The van der Waals surface area contributed by atoms with Crippen LogP contribution in [0.5, 0.6) is 0 Å². The Morgan fingerprint density at radius 3 is 2.36 bits per heavy atom. The molecule has 22 heavy (non-hydrogen) atoms. The van der Waals surface area contributed by atoms with Gasteiger partial charge in [0.2, 0.25) is 5.91 Å². The van der Waals surface area contributed by atoms with E-state index in [0.717, 1.165) is 30.9 Å². The summed E-state index contributed by atoms with van der Waals surface area (Å²) in [4.78, 5) is 12.4. The third-order valence-electron chi connectivity index (χ3n) is 4.42. The van der Waals surface area contributed by atoms with Gasteiger partial charge < -0.3 is 14.5 Å². The lowest BCUT2D eigenvalue weighted by Gasteiger charge is -2.38. The average molecular weight is 317 g/mol. The molecule has 0 saturated carbocycles. The minimum Gasteiger partial charge on any atom is -0.354 e. The van der Waals surface area contributed by atoms with Gasteiger partial charge in [0.05, 0.1) is 12.0 Å². The highest BCUT2D eigenvalue weighted by Crippen LogP contribution is 2.36. The van der Waals surface area contributed by atoms with E-state index in [-0.39, 0.29) is 11.4 Å². The molecule has 0 aromatic carbocycles. The number of carbonyl (C=O) groups is 1. The first-order valence-corrected chi connectivity index (χ1v) is 9.03. The van der Waals surface area contributed by atoms with E-state index in [0.29, 0.717) is 13.0 Å². The Hall–Kier alpha value is -1.62. The predicted octanol–water partition coefficient (Wildman–Crippen LogP) is 2.72. The molecule has 1 aliphatic rings. The quantitative estimate of drug-likeness (QED) is 0.890. The summed E-state index contributed by atoms with van der Waals surface area (Å²) < 4.78 is 4.33. The summed E-state index contributed by atoms with van der Waals surface area (Å²) in [6, 6.07) is 8.10. The number of thioether (sulfide) groups is 1. The van der Waals surface area contributed by atoms with E-state index >= 15 is 0 Å². The summed E-state index contributed by atoms with van der Waals surface area (Å²) in [5.41, 5.74) is -0.0354. The van der Waals surface area contributed by atoms with Crippen molar-refractivity contribution < 1.29 is 4.79 Å². The molecule has 1 aliphatic heterocycles. The largest absolute Gasteiger partial charge is 0.354 e. The second-order valence-electron chi connectivity index (χ2n) is 5.87. The summed E-state index contributed by atoms with van der Waals surface area (Å²) in [5.74, 6) is 2.43. The number of nitrogens with zero attached hydrogens (tertiary/aromatic N) is 2. The van der Waals surface area contributed by atoms with Crippen molar-refractivity contribution >= 4 is 17.7 Å². The monoisotopic (exact) mass is 317 g/mol. The Morgan fingerprint density at radius 1 is 1.05 bits per heavy atom. The smallest absolute Gasteiger partial charge is 0.222 e. The van der Waals surface area contributed by atoms with Crippen molar-refractivity contribution in [3.8, 4) is 0 Å². The SMILES string of the molecule is O=C(CC1(n2cccc2)CCSCC1)NCCn1cccc1. The zero-order chi connectivity index (χ0) is 15.3. The van der Waals surface area contributed by atoms with Crippen LogP contribution in [0, 0.1) is 0 Å². The van der Waals surface area contributed by atoms with Crippen molar-refractivity contribution in [1.82, 2.24) is 14.5 Å². The molecule has 5 heteroatoms. The van der Waals surface area contributed by atoms with Gasteiger partial charge >= 0.3 is 0 Å². The molecule has 0 radical (unpaired) electrons. The third kappa shape index (κ3) is 3.58. The first-order valence-electron chi connectivity index (χ1n) is 7.87. The molecule has 118 valence electrons. The van der Waals surface area contributed by atoms with E-state index in [2.05, 4.69) is 26.8 Å². The lowest BCUT2D eigenvalue weighted by molar-refractivity contribution is -0.123. The second kappa shape index (κ2) is 7.09. The maximum Gasteiger partial charge on any atom is 0.222 e. The van der Waals surface area contributed by atoms with Crippen LogP contribution in [0.2, 0.25) is 0 Å². The van der Waals surface area contributed by atoms with Crippen LogP contribution in [0.15, 0.2) is 49.1 Å². The summed E-state index contributed by atoms with van der Waals surface area (Å²) in [7, 11) is 0. The number of nitrogens with one attached hydrogen (secondary N) is 1. The highest BCUT2D eigenvalue weighted by atomic mass is 32.2. The number of aromatic nitrogens is 2. The van der Waals surface area contributed by atoms with E-state index in [9.17, 15) is 4.79 Å². The van der Waals surface area contributed by atoms with Gasteiger partial charge in [0.1, 0.15) is 0 Å². The number of hydrogen-bond donors (Lipinski definition) is 1. The maximum absolute atomic E-state index is 12.4. The molecule has 3 heterocycles. The minimum atomic E-state index is -0.0354. The summed E-state index contributed by atoms with van der Waals surface area (Å²) in [6.45, 7) is 1.51. The predicted molar refractivity (Wildman–Crippen MR) is 91.0 cm³/mol. The normalized spacial score (nSPS) is 17.3. The van der Waals surface area contributed by atoms with Crippen LogP contribution in [0.3, 0.4) is 0 Å². The number of carbonyl (C=O) groups excluding carboxylic acids is 1. The van der Waals surface area contributed by atoms with Crippen molar-refractivity contribution in [2.24, 2.45) is 0 Å². The van der Waals surface area contributed by atoms with Crippen LogP contribution >= 0.6 is 11.8 Å². The lowest BCUT2D eigenvalue weighted by atomic mass is 9.87. The van der Waals surface area contributed by atoms with Crippen LogP contribution in [-0.4, -0.2) is 33.1 Å². The number of hydrogen-bond acceptors (Lipinski definition) is 2. The van der Waals surface area contributed by atoms with Gasteiger partial charge in [-0.2, -0.15) is 11.8 Å². The van der Waals surface area contributed by atoms with E-state index in [1.54, 1.807) is 0 Å². The Bertz CT molecular complexity index is 571. The third-order valence-corrected chi connectivity index (χ3v) is 5.41. The van der Waals surface area contributed by atoms with Gasteiger partial charge in [-0.25, -0.2) is 0 Å². The Kier molecular flexibility index (Phi) is 4.93. The molecule has 0 aliphatic carbocycles. The topological polar surface area (TPSA) is 39.0 Å². The first kappa shape index (κ1) is 15.3. The molecular formula is C17H23N3OS. The van der Waals surface area contributed by atoms with Gasteiger partial charge in [0.15, 0.2) is 0 Å². The van der Waals surface area contributed by atoms with Crippen molar-refractivity contribution in [3.05, 3.63) is 49.1 Å². The molecule has 3 rings (SSSR count). The number of rotatable bonds is 6. The van der Waals surface area contributed by atoms with Crippen molar-refractivity contribution in [1.29, 1.82) is 0 Å². The number of amides is 1. The Labute approximate surface area is 135 Å². The van der Waals surface area contributed by atoms with Crippen molar-refractivity contribution in [2.75, 3.05) is 18.1 Å². The first-order chi connectivity index (χ1) is 10.8. The molecule has 0 spiro atoms. The summed E-state index contributed by atoms with van der Waals surface area (Å²) >= 11 is 1.99. The summed E-state index contributed by atoms with van der Waals surface area (Å²) in [5, 5.41) is 3.08. The van der Waals surface area contributed by atoms with Gasteiger partial charge in [0, 0.05) is 37.9 Å². The molecule has 4 nitrogen and oxygen atoms in total. The molecule has 1 amide bonds. The molecule has 0 bridgehead atoms. The van der Waals surface area contributed by atoms with E-state index in [4.69, 9.17) is 0 Å². The highest BCUT2D eigenvalue weighted by Gasteiger charge is 2.35. The lowest BCUT2D eigenvalue weighted by Crippen LogP contribution is -2.42. The van der Waals surface area contributed by atoms with Crippen molar-refractivity contribution in [2.45, 2.75) is 31.3 Å². The van der Waals surface area contributed by atoms with Crippen LogP contribution in [0.1, 0.15) is 19.3 Å².